The van der Waals surface area contributed by atoms with Crippen LogP contribution in [0.4, 0.5) is 0 Å². The molecule has 1 amide bonds. The number of amides is 1. The molecular weight excluding hydrogens is 256 g/mol. The molecule has 1 rings (SSSR count). The highest BCUT2D eigenvalue weighted by Gasteiger charge is 2.07. The van der Waals surface area contributed by atoms with Gasteiger partial charge in [0.15, 0.2) is 6.61 Å². The maximum atomic E-state index is 11.2. The molecule has 0 saturated heterocycles. The van der Waals surface area contributed by atoms with Crippen LogP contribution >= 0.6 is 0 Å². The lowest BCUT2D eigenvalue weighted by atomic mass is 10.3. The third-order valence-corrected chi connectivity index (χ3v) is 3.02. The molecule has 0 aliphatic carbocycles. The summed E-state index contributed by atoms with van der Waals surface area (Å²) in [4.78, 5) is 11.3. The minimum atomic E-state index is -3.70. The Bertz CT molecular complexity index is 496. The fourth-order valence-electron chi connectivity index (χ4n) is 1.19. The Morgan fingerprint density at radius 3 is 2.44 bits per heavy atom. The van der Waals surface area contributed by atoms with E-state index in [1.54, 1.807) is 0 Å². The highest BCUT2D eigenvalue weighted by atomic mass is 32.2. The van der Waals surface area contributed by atoms with Gasteiger partial charge >= 0.3 is 0 Å². The molecule has 0 saturated carbocycles. The second kappa shape index (κ2) is 6.36. The lowest BCUT2D eigenvalue weighted by Gasteiger charge is -2.07. The van der Waals surface area contributed by atoms with Crippen LogP contribution in [0, 0.1) is 0 Å². The van der Waals surface area contributed by atoms with Crippen molar-refractivity contribution in [2.75, 3.05) is 13.2 Å². The van der Waals surface area contributed by atoms with Gasteiger partial charge in [0.2, 0.25) is 10.0 Å². The number of rotatable bonds is 6. The first-order valence-corrected chi connectivity index (χ1v) is 7.00. The third-order valence-electron chi connectivity index (χ3n) is 2.09. The number of nitrogens with two attached hydrogens (primary N) is 1. The predicted octanol–water partition coefficient (Wildman–Crippen LogP) is 0.239. The lowest BCUT2D eigenvalue weighted by Crippen LogP contribution is -2.29. The summed E-state index contributed by atoms with van der Waals surface area (Å²) in [5.41, 5.74) is 0. The Hall–Kier alpha value is -1.60. The van der Waals surface area contributed by atoms with Crippen LogP contribution in [0.2, 0.25) is 0 Å². The van der Waals surface area contributed by atoms with Gasteiger partial charge in [-0.25, -0.2) is 13.6 Å². The van der Waals surface area contributed by atoms with Crippen molar-refractivity contribution < 1.29 is 17.9 Å². The number of benzene rings is 1. The van der Waals surface area contributed by atoms with Crippen molar-refractivity contribution in [3.05, 3.63) is 24.3 Å². The number of hydrogen-bond acceptors (Lipinski definition) is 4. The van der Waals surface area contributed by atoms with Crippen LogP contribution < -0.4 is 15.2 Å². The monoisotopic (exact) mass is 272 g/mol. The molecule has 0 heterocycles. The topological polar surface area (TPSA) is 98.5 Å². The molecule has 0 aromatic heterocycles. The van der Waals surface area contributed by atoms with Crippen LogP contribution in [0.15, 0.2) is 29.2 Å². The fraction of sp³-hybridized carbons (Fsp3) is 0.364. The maximum Gasteiger partial charge on any atom is 0.257 e. The first kappa shape index (κ1) is 14.5. The molecule has 3 N–H and O–H groups in total. The molecule has 0 bridgehead atoms. The van der Waals surface area contributed by atoms with Crippen molar-refractivity contribution in [1.82, 2.24) is 5.32 Å². The van der Waals surface area contributed by atoms with E-state index in [0.29, 0.717) is 12.3 Å². The first-order valence-electron chi connectivity index (χ1n) is 5.46. The van der Waals surface area contributed by atoms with Crippen molar-refractivity contribution in [1.29, 1.82) is 0 Å². The van der Waals surface area contributed by atoms with Gasteiger partial charge in [-0.1, -0.05) is 6.92 Å². The normalized spacial score (nSPS) is 11.0. The number of primary sulfonamides is 1. The summed E-state index contributed by atoms with van der Waals surface area (Å²) in [7, 11) is -3.70. The number of ether oxygens (including phenoxy) is 1. The molecule has 0 aliphatic rings. The highest BCUT2D eigenvalue weighted by Crippen LogP contribution is 2.14. The van der Waals surface area contributed by atoms with Crippen molar-refractivity contribution in [3.8, 4) is 5.75 Å². The average Bonchev–Trinajstić information content (AvgIpc) is 2.33. The van der Waals surface area contributed by atoms with Crippen molar-refractivity contribution in [3.63, 3.8) is 0 Å². The van der Waals surface area contributed by atoms with Crippen LogP contribution in [0.5, 0.6) is 5.75 Å². The van der Waals surface area contributed by atoms with E-state index < -0.39 is 10.0 Å². The molecular formula is C11H16N2O4S. The highest BCUT2D eigenvalue weighted by molar-refractivity contribution is 7.89. The van der Waals surface area contributed by atoms with E-state index in [2.05, 4.69) is 5.32 Å². The number of carbonyl (C=O) groups is 1. The first-order chi connectivity index (χ1) is 8.43. The molecule has 0 unspecified atom stereocenters. The predicted molar refractivity (Wildman–Crippen MR) is 66.6 cm³/mol. The summed E-state index contributed by atoms with van der Waals surface area (Å²) in [6, 6.07) is 5.56. The fourth-order valence-corrected chi connectivity index (χ4v) is 1.71. The molecule has 0 radical (unpaired) electrons. The van der Waals surface area contributed by atoms with E-state index in [9.17, 15) is 13.2 Å². The Labute approximate surface area is 106 Å². The van der Waals surface area contributed by atoms with Crippen LogP contribution in [-0.2, 0) is 14.8 Å². The summed E-state index contributed by atoms with van der Waals surface area (Å²) in [6.07, 6.45) is 0.856. The zero-order valence-electron chi connectivity index (χ0n) is 10.0. The number of sulfonamides is 1. The second-order valence-corrected chi connectivity index (χ2v) is 5.22. The van der Waals surface area contributed by atoms with Crippen molar-refractivity contribution in [2.45, 2.75) is 18.2 Å². The van der Waals surface area contributed by atoms with Gasteiger partial charge in [-0.05, 0) is 30.7 Å². The Kier molecular flexibility index (Phi) is 5.11. The minimum Gasteiger partial charge on any atom is -0.484 e. The molecule has 0 spiro atoms. The molecule has 6 nitrogen and oxygen atoms in total. The lowest BCUT2D eigenvalue weighted by molar-refractivity contribution is -0.123. The number of hydrogen-bond donors (Lipinski definition) is 2. The summed E-state index contributed by atoms with van der Waals surface area (Å²) >= 11 is 0. The molecule has 0 aliphatic heterocycles. The zero-order chi connectivity index (χ0) is 13.6. The molecule has 7 heteroatoms. The van der Waals surface area contributed by atoms with Gasteiger partial charge in [-0.2, -0.15) is 0 Å². The Balaban J connectivity index is 2.52. The third kappa shape index (κ3) is 4.72. The zero-order valence-corrected chi connectivity index (χ0v) is 10.9. The van der Waals surface area contributed by atoms with Gasteiger partial charge in [-0.15, -0.1) is 0 Å². The van der Waals surface area contributed by atoms with Crippen LogP contribution in [-0.4, -0.2) is 27.5 Å². The Morgan fingerprint density at radius 2 is 1.94 bits per heavy atom. The van der Waals surface area contributed by atoms with E-state index >= 15 is 0 Å². The van der Waals surface area contributed by atoms with E-state index in [4.69, 9.17) is 9.88 Å². The molecule has 1 aromatic rings. The Morgan fingerprint density at radius 1 is 1.33 bits per heavy atom. The van der Waals surface area contributed by atoms with Crippen molar-refractivity contribution >= 4 is 15.9 Å². The molecule has 0 atom stereocenters. The van der Waals surface area contributed by atoms with Gasteiger partial charge in [0.1, 0.15) is 5.75 Å². The minimum absolute atomic E-state index is 0.00489. The van der Waals surface area contributed by atoms with Gasteiger partial charge in [0.25, 0.3) is 5.91 Å². The van der Waals surface area contributed by atoms with Crippen LogP contribution in [0.3, 0.4) is 0 Å². The summed E-state index contributed by atoms with van der Waals surface area (Å²) in [5, 5.41) is 7.61. The second-order valence-electron chi connectivity index (χ2n) is 3.66. The van der Waals surface area contributed by atoms with Crippen molar-refractivity contribution in [2.24, 2.45) is 5.14 Å². The van der Waals surface area contributed by atoms with E-state index in [1.807, 2.05) is 6.92 Å². The van der Waals surface area contributed by atoms with Gasteiger partial charge < -0.3 is 10.1 Å². The number of carbonyl (C=O) groups excluding carboxylic acids is 1. The van der Waals surface area contributed by atoms with Gasteiger partial charge in [0, 0.05) is 6.54 Å². The number of nitrogens with one attached hydrogen (secondary N) is 1. The largest absolute Gasteiger partial charge is 0.484 e. The van der Waals surface area contributed by atoms with Crippen LogP contribution in [0.1, 0.15) is 13.3 Å². The molecule has 1 aromatic carbocycles. The van der Waals surface area contributed by atoms with Gasteiger partial charge in [0.05, 0.1) is 4.90 Å². The van der Waals surface area contributed by atoms with E-state index in [1.165, 1.54) is 24.3 Å². The van der Waals surface area contributed by atoms with E-state index in [-0.39, 0.29) is 17.4 Å². The molecule has 100 valence electrons. The molecule has 0 fully saturated rings. The summed E-state index contributed by atoms with van der Waals surface area (Å²) in [5.74, 6) is 0.196. The molecule has 18 heavy (non-hydrogen) atoms. The maximum absolute atomic E-state index is 11.2. The summed E-state index contributed by atoms with van der Waals surface area (Å²) < 4.78 is 27.2. The average molecular weight is 272 g/mol. The SMILES string of the molecule is CCCNC(=O)COc1ccc(S(N)(=O)=O)cc1. The quantitative estimate of drug-likeness (QED) is 0.775. The smallest absolute Gasteiger partial charge is 0.257 e. The summed E-state index contributed by atoms with van der Waals surface area (Å²) in [6.45, 7) is 2.45. The van der Waals surface area contributed by atoms with E-state index in [0.717, 1.165) is 6.42 Å². The standard InChI is InChI=1S/C11H16N2O4S/c1-2-7-13-11(14)8-17-9-3-5-10(6-4-9)18(12,15)16/h3-6H,2,7-8H2,1H3,(H,13,14)(H2,12,15,16). The van der Waals surface area contributed by atoms with Gasteiger partial charge in [-0.3, -0.25) is 4.79 Å². The van der Waals surface area contributed by atoms with Crippen LogP contribution in [0.25, 0.3) is 0 Å².